The molecule has 1 rings (SSSR count). The first-order chi connectivity index (χ1) is 8.82. The van der Waals surface area contributed by atoms with E-state index in [0.29, 0.717) is 11.5 Å². The summed E-state index contributed by atoms with van der Waals surface area (Å²) in [6.07, 6.45) is 1.68. The largest absolute Gasteiger partial charge is 0.456 e. The SMILES string of the molecule is C=C(CCC(C)(C)OC(=O)c1ccccc1)C(C)C. The second-order valence-electron chi connectivity index (χ2n) is 5.83. The van der Waals surface area contributed by atoms with Gasteiger partial charge in [-0.1, -0.05) is 44.2 Å². The van der Waals surface area contributed by atoms with Crippen LogP contribution in [0.25, 0.3) is 0 Å². The summed E-state index contributed by atoms with van der Waals surface area (Å²) in [5.74, 6) is 0.210. The van der Waals surface area contributed by atoms with E-state index in [-0.39, 0.29) is 5.97 Å². The molecule has 0 aliphatic carbocycles. The summed E-state index contributed by atoms with van der Waals surface area (Å²) in [6.45, 7) is 12.2. The van der Waals surface area contributed by atoms with Gasteiger partial charge in [-0.25, -0.2) is 4.79 Å². The van der Waals surface area contributed by atoms with Gasteiger partial charge in [0.2, 0.25) is 0 Å². The Morgan fingerprint density at radius 1 is 1.26 bits per heavy atom. The van der Waals surface area contributed by atoms with Crippen molar-refractivity contribution in [1.29, 1.82) is 0 Å². The van der Waals surface area contributed by atoms with Crippen LogP contribution in [0, 0.1) is 5.92 Å². The molecule has 104 valence electrons. The molecule has 0 fully saturated rings. The predicted molar refractivity (Wildman–Crippen MR) is 79.1 cm³/mol. The summed E-state index contributed by atoms with van der Waals surface area (Å²) < 4.78 is 5.57. The highest BCUT2D eigenvalue weighted by Gasteiger charge is 2.23. The van der Waals surface area contributed by atoms with Crippen LogP contribution in [0.2, 0.25) is 0 Å². The van der Waals surface area contributed by atoms with Gasteiger partial charge in [-0.2, -0.15) is 0 Å². The number of hydrogen-bond acceptors (Lipinski definition) is 2. The molecule has 0 saturated carbocycles. The summed E-state index contributed by atoms with van der Waals surface area (Å²) in [5, 5.41) is 0. The zero-order valence-electron chi connectivity index (χ0n) is 12.4. The first-order valence-electron chi connectivity index (χ1n) is 6.78. The zero-order valence-corrected chi connectivity index (χ0v) is 12.4. The van der Waals surface area contributed by atoms with Crippen LogP contribution in [0.4, 0.5) is 0 Å². The van der Waals surface area contributed by atoms with Crippen LogP contribution in [0.1, 0.15) is 50.9 Å². The van der Waals surface area contributed by atoms with Gasteiger partial charge >= 0.3 is 5.97 Å². The molecule has 1 aromatic carbocycles. The van der Waals surface area contributed by atoms with Crippen molar-refractivity contribution in [3.8, 4) is 0 Å². The number of hydrogen-bond donors (Lipinski definition) is 0. The van der Waals surface area contributed by atoms with Crippen LogP contribution in [-0.4, -0.2) is 11.6 Å². The number of carbonyl (C=O) groups is 1. The monoisotopic (exact) mass is 260 g/mol. The van der Waals surface area contributed by atoms with Gasteiger partial charge in [0.15, 0.2) is 0 Å². The van der Waals surface area contributed by atoms with Gasteiger partial charge < -0.3 is 4.74 Å². The summed E-state index contributed by atoms with van der Waals surface area (Å²) in [6, 6.07) is 9.10. The Morgan fingerprint density at radius 3 is 2.37 bits per heavy atom. The van der Waals surface area contributed by atoms with E-state index < -0.39 is 5.60 Å². The van der Waals surface area contributed by atoms with Gasteiger partial charge in [-0.05, 0) is 44.7 Å². The van der Waals surface area contributed by atoms with Gasteiger partial charge in [0.25, 0.3) is 0 Å². The van der Waals surface area contributed by atoms with Crippen molar-refractivity contribution in [3.05, 3.63) is 48.0 Å². The number of carbonyl (C=O) groups excluding carboxylic acids is 1. The molecular formula is C17H24O2. The predicted octanol–water partition coefficient (Wildman–Crippen LogP) is 4.61. The van der Waals surface area contributed by atoms with Gasteiger partial charge in [-0.15, -0.1) is 0 Å². The molecule has 1 aromatic rings. The highest BCUT2D eigenvalue weighted by atomic mass is 16.6. The quantitative estimate of drug-likeness (QED) is 0.551. The Morgan fingerprint density at radius 2 is 1.84 bits per heavy atom. The second kappa shape index (κ2) is 6.55. The first kappa shape index (κ1) is 15.5. The molecule has 0 aliphatic heterocycles. The standard InChI is InChI=1S/C17H24O2/c1-13(2)14(3)11-12-17(4,5)19-16(18)15-9-7-6-8-10-15/h6-10,13H,3,11-12H2,1-2,4-5H3. The highest BCUT2D eigenvalue weighted by molar-refractivity contribution is 5.89. The maximum absolute atomic E-state index is 12.0. The minimum atomic E-state index is -0.468. The highest BCUT2D eigenvalue weighted by Crippen LogP contribution is 2.23. The van der Waals surface area contributed by atoms with Crippen molar-refractivity contribution in [1.82, 2.24) is 0 Å². The number of rotatable bonds is 6. The summed E-state index contributed by atoms with van der Waals surface area (Å²) in [7, 11) is 0. The normalized spacial score (nSPS) is 11.4. The summed E-state index contributed by atoms with van der Waals surface area (Å²) >= 11 is 0. The minimum Gasteiger partial charge on any atom is -0.456 e. The third-order valence-electron chi connectivity index (χ3n) is 3.24. The van der Waals surface area contributed by atoms with E-state index in [1.807, 2.05) is 32.0 Å². The number of benzene rings is 1. The Bertz CT molecular complexity index is 430. The molecule has 0 atom stereocenters. The van der Waals surface area contributed by atoms with E-state index in [4.69, 9.17) is 4.74 Å². The third-order valence-corrected chi connectivity index (χ3v) is 3.24. The Hall–Kier alpha value is -1.57. The number of esters is 1. The lowest BCUT2D eigenvalue weighted by Crippen LogP contribution is -2.28. The third kappa shape index (κ3) is 5.29. The maximum atomic E-state index is 12.0. The van der Waals surface area contributed by atoms with Gasteiger partial charge in [0, 0.05) is 0 Å². The lowest BCUT2D eigenvalue weighted by atomic mass is 9.94. The van der Waals surface area contributed by atoms with Crippen LogP contribution in [0.15, 0.2) is 42.5 Å². The van der Waals surface area contributed by atoms with E-state index >= 15 is 0 Å². The molecule has 0 unspecified atom stereocenters. The van der Waals surface area contributed by atoms with Crippen LogP contribution in [0.5, 0.6) is 0 Å². The fourth-order valence-corrected chi connectivity index (χ4v) is 1.69. The lowest BCUT2D eigenvalue weighted by molar-refractivity contribution is -0.00448. The van der Waals surface area contributed by atoms with Crippen molar-refractivity contribution in [2.24, 2.45) is 5.92 Å². The molecule has 0 aromatic heterocycles. The summed E-state index contributed by atoms with van der Waals surface area (Å²) in [4.78, 5) is 12.0. The minimum absolute atomic E-state index is 0.263. The molecule has 0 aliphatic rings. The fraction of sp³-hybridized carbons (Fsp3) is 0.471. The van der Waals surface area contributed by atoms with E-state index in [2.05, 4.69) is 20.4 Å². The van der Waals surface area contributed by atoms with Crippen LogP contribution in [-0.2, 0) is 4.74 Å². The van der Waals surface area contributed by atoms with Crippen molar-refractivity contribution in [3.63, 3.8) is 0 Å². The molecule has 0 spiro atoms. The smallest absolute Gasteiger partial charge is 0.338 e. The molecular weight excluding hydrogens is 236 g/mol. The first-order valence-corrected chi connectivity index (χ1v) is 6.78. The Labute approximate surface area is 116 Å². The molecule has 19 heavy (non-hydrogen) atoms. The topological polar surface area (TPSA) is 26.3 Å². The van der Waals surface area contributed by atoms with E-state index in [9.17, 15) is 4.79 Å². The van der Waals surface area contributed by atoms with Crippen molar-refractivity contribution in [2.75, 3.05) is 0 Å². The summed E-state index contributed by atoms with van der Waals surface area (Å²) in [5.41, 5.74) is 1.33. The van der Waals surface area contributed by atoms with E-state index in [1.54, 1.807) is 12.1 Å². The average Bonchev–Trinajstić information content (AvgIpc) is 2.36. The average molecular weight is 260 g/mol. The van der Waals surface area contributed by atoms with Crippen LogP contribution in [0.3, 0.4) is 0 Å². The van der Waals surface area contributed by atoms with Gasteiger partial charge in [-0.3, -0.25) is 0 Å². The van der Waals surface area contributed by atoms with Gasteiger partial charge in [0.05, 0.1) is 5.56 Å². The molecule has 2 nitrogen and oxygen atoms in total. The maximum Gasteiger partial charge on any atom is 0.338 e. The Kier molecular flexibility index (Phi) is 5.34. The molecule has 0 bridgehead atoms. The lowest BCUT2D eigenvalue weighted by Gasteiger charge is -2.26. The second-order valence-corrected chi connectivity index (χ2v) is 5.83. The van der Waals surface area contributed by atoms with Crippen molar-refractivity contribution in [2.45, 2.75) is 46.1 Å². The molecule has 0 saturated heterocycles. The van der Waals surface area contributed by atoms with Gasteiger partial charge in [0.1, 0.15) is 5.60 Å². The Balaban J connectivity index is 2.55. The number of allylic oxidation sites excluding steroid dienone is 1. The number of ether oxygens (including phenoxy) is 1. The molecule has 0 amide bonds. The van der Waals surface area contributed by atoms with Crippen molar-refractivity contribution < 1.29 is 9.53 Å². The van der Waals surface area contributed by atoms with Crippen LogP contribution >= 0.6 is 0 Å². The molecule has 2 heteroatoms. The molecule has 0 N–H and O–H groups in total. The van der Waals surface area contributed by atoms with Crippen molar-refractivity contribution >= 4 is 5.97 Å². The van der Waals surface area contributed by atoms with Crippen LogP contribution < -0.4 is 0 Å². The zero-order chi connectivity index (χ0) is 14.5. The fourth-order valence-electron chi connectivity index (χ4n) is 1.69. The van der Waals surface area contributed by atoms with E-state index in [1.165, 1.54) is 5.57 Å². The molecule has 0 heterocycles. The molecule has 0 radical (unpaired) electrons. The van der Waals surface area contributed by atoms with E-state index in [0.717, 1.165) is 12.8 Å².